The minimum absolute atomic E-state index is 0.153. The average Bonchev–Trinajstić information content (AvgIpc) is 2.97. The number of aromatic hydroxyl groups is 4. The molecule has 4 N–H and O–H groups in total. The largest absolute Gasteiger partial charge is 0.504 e. The molecule has 0 aliphatic carbocycles. The Morgan fingerprint density at radius 2 is 0.850 bits per heavy atom. The quantitative estimate of drug-likeness (QED) is 0.139. The van der Waals surface area contributed by atoms with Gasteiger partial charge in [0.15, 0.2) is 23.0 Å². The summed E-state index contributed by atoms with van der Waals surface area (Å²) in [6.45, 7) is 0. The number of phenols is 4. The molecule has 6 aromatic rings. The van der Waals surface area contributed by atoms with Crippen LogP contribution in [0.25, 0.3) is 54.2 Å². The predicted octanol–water partition coefficient (Wildman–Crippen LogP) is 6.82. The van der Waals surface area contributed by atoms with Gasteiger partial charge in [-0.05, 0) is 56.6 Å². The van der Waals surface area contributed by atoms with Crippen LogP contribution in [0.15, 0.2) is 60.7 Å². The maximum absolute atomic E-state index is 11.3. The van der Waals surface area contributed by atoms with E-state index >= 15 is 0 Å². The molecule has 40 heavy (non-hydrogen) atoms. The third kappa shape index (κ3) is 3.53. The number of ether oxygens (including phenoxy) is 4. The van der Waals surface area contributed by atoms with E-state index in [1.54, 1.807) is 38.5 Å². The summed E-state index contributed by atoms with van der Waals surface area (Å²) in [5.74, 6) is 0.531. The summed E-state index contributed by atoms with van der Waals surface area (Å²) in [4.78, 5) is 0. The van der Waals surface area contributed by atoms with Gasteiger partial charge in [0.25, 0.3) is 0 Å². The molecule has 0 bridgehead atoms. The van der Waals surface area contributed by atoms with Gasteiger partial charge in [0.05, 0.1) is 28.4 Å². The molecule has 8 nitrogen and oxygen atoms in total. The molecule has 0 amide bonds. The van der Waals surface area contributed by atoms with Gasteiger partial charge in [0, 0.05) is 34.0 Å². The van der Waals surface area contributed by atoms with Crippen molar-refractivity contribution in [3.05, 3.63) is 60.7 Å². The number of rotatable bonds is 5. The summed E-state index contributed by atoms with van der Waals surface area (Å²) >= 11 is 0. The number of benzene rings is 6. The van der Waals surface area contributed by atoms with E-state index in [4.69, 9.17) is 18.9 Å². The molecule has 0 radical (unpaired) electrons. The molecular weight excluding hydrogens is 512 g/mol. The first-order valence-corrected chi connectivity index (χ1v) is 12.4. The molecule has 6 aromatic carbocycles. The van der Waals surface area contributed by atoms with Gasteiger partial charge < -0.3 is 39.4 Å². The van der Waals surface area contributed by atoms with Gasteiger partial charge in [-0.2, -0.15) is 0 Å². The summed E-state index contributed by atoms with van der Waals surface area (Å²) in [5.41, 5.74) is 0.306. The Balaban J connectivity index is 1.80. The predicted molar refractivity (Wildman–Crippen MR) is 155 cm³/mol. The number of phenolic OH excluding ortho intramolecular Hbond substituents is 4. The molecular formula is C32H26O8. The summed E-state index contributed by atoms with van der Waals surface area (Å²) in [6.07, 6.45) is 0. The van der Waals surface area contributed by atoms with Crippen molar-refractivity contribution in [2.45, 2.75) is 0 Å². The van der Waals surface area contributed by atoms with E-state index in [1.807, 2.05) is 24.3 Å². The fraction of sp³-hybridized carbons (Fsp3) is 0.125. The van der Waals surface area contributed by atoms with Gasteiger partial charge in [0.1, 0.15) is 23.0 Å². The van der Waals surface area contributed by atoms with Gasteiger partial charge in [0.2, 0.25) is 0 Å². The number of fused-ring (bicyclic) bond motifs is 6. The van der Waals surface area contributed by atoms with Crippen LogP contribution in [0.3, 0.4) is 0 Å². The first kappa shape index (κ1) is 25.1. The van der Waals surface area contributed by atoms with Crippen LogP contribution < -0.4 is 18.9 Å². The highest BCUT2D eigenvalue weighted by Crippen LogP contribution is 2.53. The lowest BCUT2D eigenvalue weighted by Crippen LogP contribution is -1.93. The van der Waals surface area contributed by atoms with Gasteiger partial charge in [-0.15, -0.1) is 0 Å². The zero-order valence-corrected chi connectivity index (χ0v) is 22.2. The molecule has 0 aliphatic heterocycles. The van der Waals surface area contributed by atoms with Crippen molar-refractivity contribution >= 4 is 43.1 Å². The highest BCUT2D eigenvalue weighted by atomic mass is 16.5. The van der Waals surface area contributed by atoms with Crippen molar-refractivity contribution in [2.24, 2.45) is 0 Å². The first-order valence-electron chi connectivity index (χ1n) is 12.4. The zero-order valence-electron chi connectivity index (χ0n) is 22.2. The second kappa shape index (κ2) is 9.20. The highest BCUT2D eigenvalue weighted by Gasteiger charge is 2.25. The number of hydrogen-bond donors (Lipinski definition) is 4. The van der Waals surface area contributed by atoms with Gasteiger partial charge in [-0.1, -0.05) is 24.3 Å². The lowest BCUT2D eigenvalue weighted by molar-refractivity contribution is 0.397. The van der Waals surface area contributed by atoms with Crippen molar-refractivity contribution in [1.82, 2.24) is 0 Å². The molecule has 8 heteroatoms. The molecule has 0 saturated heterocycles. The summed E-state index contributed by atoms with van der Waals surface area (Å²) in [7, 11) is 6.20. The van der Waals surface area contributed by atoms with Crippen molar-refractivity contribution in [2.75, 3.05) is 28.4 Å². The van der Waals surface area contributed by atoms with Crippen molar-refractivity contribution in [3.63, 3.8) is 0 Å². The molecule has 0 atom stereocenters. The Labute approximate surface area is 228 Å². The zero-order chi connectivity index (χ0) is 28.3. The van der Waals surface area contributed by atoms with E-state index in [-0.39, 0.29) is 11.1 Å². The molecule has 0 aliphatic rings. The highest BCUT2D eigenvalue weighted by molar-refractivity contribution is 6.22. The molecule has 6 rings (SSSR count). The first-order chi connectivity index (χ1) is 19.3. The number of methoxy groups -OCH3 is 4. The van der Waals surface area contributed by atoms with Gasteiger partial charge >= 0.3 is 0 Å². The summed E-state index contributed by atoms with van der Waals surface area (Å²) in [5, 5.41) is 49.5. The molecule has 0 fully saturated rings. The van der Waals surface area contributed by atoms with E-state index in [1.165, 1.54) is 26.4 Å². The third-order valence-corrected chi connectivity index (χ3v) is 7.41. The number of hydrogen-bond acceptors (Lipinski definition) is 8. The minimum atomic E-state index is -0.441. The maximum atomic E-state index is 11.3. The normalized spacial score (nSPS) is 11.4. The standard InChI is InChI=1S/C32H26O8/c1-37-17-9-15-5-7-19-21(27(15)25(11-17)39-3)13-23(33)31(35)29(19)30-20-8-6-16-10-18(38-2)12-26(40-4)28(16)22(20)14-24(34)32(30)36/h5-14,33-36H,1-4H3. The smallest absolute Gasteiger partial charge is 0.166 e. The van der Waals surface area contributed by atoms with Crippen LogP contribution >= 0.6 is 0 Å². The molecule has 0 saturated carbocycles. The van der Waals surface area contributed by atoms with Crippen LogP contribution in [-0.2, 0) is 0 Å². The Morgan fingerprint density at radius 1 is 0.450 bits per heavy atom. The molecule has 0 aromatic heterocycles. The third-order valence-electron chi connectivity index (χ3n) is 7.41. The second-order valence-corrected chi connectivity index (χ2v) is 9.42. The minimum Gasteiger partial charge on any atom is -0.504 e. The Morgan fingerprint density at radius 3 is 1.20 bits per heavy atom. The van der Waals surface area contributed by atoms with Crippen molar-refractivity contribution in [1.29, 1.82) is 0 Å². The van der Waals surface area contributed by atoms with Crippen molar-refractivity contribution < 1.29 is 39.4 Å². The van der Waals surface area contributed by atoms with Crippen LogP contribution in [0.4, 0.5) is 0 Å². The van der Waals surface area contributed by atoms with E-state index < -0.39 is 23.0 Å². The fourth-order valence-electron chi connectivity index (χ4n) is 5.58. The molecule has 202 valence electrons. The Bertz CT molecular complexity index is 1850. The lowest BCUT2D eigenvalue weighted by Gasteiger charge is -2.19. The fourth-order valence-corrected chi connectivity index (χ4v) is 5.58. The molecule has 0 heterocycles. The Hall–Kier alpha value is -5.24. The monoisotopic (exact) mass is 538 g/mol. The van der Waals surface area contributed by atoms with E-state index in [0.717, 1.165) is 10.8 Å². The van der Waals surface area contributed by atoms with Crippen LogP contribution in [0, 0.1) is 0 Å². The maximum Gasteiger partial charge on any atom is 0.166 e. The van der Waals surface area contributed by atoms with Crippen molar-refractivity contribution in [3.8, 4) is 57.1 Å². The van der Waals surface area contributed by atoms with Gasteiger partial charge in [-0.25, -0.2) is 0 Å². The van der Waals surface area contributed by atoms with Crippen LogP contribution in [0.5, 0.6) is 46.0 Å². The topological polar surface area (TPSA) is 118 Å². The summed E-state index contributed by atoms with van der Waals surface area (Å²) < 4.78 is 22.1. The molecule has 0 unspecified atom stereocenters. The molecule has 0 spiro atoms. The summed E-state index contributed by atoms with van der Waals surface area (Å²) in [6, 6.07) is 17.3. The SMILES string of the molecule is COc1cc(OC)c2c(ccc3c(-c4c(O)c(O)cc5c4ccc4cc(OC)cc(OC)c45)c(O)c(O)cc32)c1. The lowest BCUT2D eigenvalue weighted by atomic mass is 9.88. The second-order valence-electron chi connectivity index (χ2n) is 9.42. The van der Waals surface area contributed by atoms with E-state index in [2.05, 4.69) is 0 Å². The van der Waals surface area contributed by atoms with Crippen LogP contribution in [0.1, 0.15) is 0 Å². The van der Waals surface area contributed by atoms with Gasteiger partial charge in [-0.3, -0.25) is 0 Å². The van der Waals surface area contributed by atoms with E-state index in [9.17, 15) is 20.4 Å². The van der Waals surface area contributed by atoms with Crippen LogP contribution in [0.2, 0.25) is 0 Å². The average molecular weight is 539 g/mol. The Kier molecular flexibility index (Phi) is 5.76. The van der Waals surface area contributed by atoms with Crippen LogP contribution in [-0.4, -0.2) is 48.9 Å². The van der Waals surface area contributed by atoms with E-state index in [0.29, 0.717) is 55.3 Å².